The van der Waals surface area contributed by atoms with Gasteiger partial charge in [0.2, 0.25) is 0 Å². The van der Waals surface area contributed by atoms with Gasteiger partial charge in [0.1, 0.15) is 12.0 Å². The molecule has 0 aromatic carbocycles. The number of aliphatic hydroxyl groups is 2. The Morgan fingerprint density at radius 2 is 1.92 bits per heavy atom. The van der Waals surface area contributed by atoms with E-state index in [9.17, 15) is 10.2 Å². The van der Waals surface area contributed by atoms with Crippen molar-refractivity contribution in [2.45, 2.75) is 63.8 Å². The van der Waals surface area contributed by atoms with Crippen molar-refractivity contribution < 1.29 is 10.2 Å². The SMILES string of the molecule is CCCC(O)NC1(O)CCCCC1. The molecule has 1 atom stereocenters. The molecule has 0 aromatic rings. The van der Waals surface area contributed by atoms with Gasteiger partial charge in [-0.15, -0.1) is 0 Å². The Morgan fingerprint density at radius 3 is 2.46 bits per heavy atom. The molecule has 78 valence electrons. The summed E-state index contributed by atoms with van der Waals surface area (Å²) < 4.78 is 0. The van der Waals surface area contributed by atoms with E-state index in [1.807, 2.05) is 6.92 Å². The predicted octanol–water partition coefficient (Wildman–Crippen LogP) is 1.35. The van der Waals surface area contributed by atoms with E-state index in [4.69, 9.17) is 0 Å². The zero-order valence-electron chi connectivity index (χ0n) is 8.42. The molecular formula is C10H21NO2. The second-order valence-electron chi connectivity index (χ2n) is 4.04. The first-order valence-electron chi connectivity index (χ1n) is 5.34. The Bertz CT molecular complexity index is 144. The topological polar surface area (TPSA) is 52.5 Å². The molecule has 13 heavy (non-hydrogen) atoms. The molecule has 0 amide bonds. The van der Waals surface area contributed by atoms with Crippen LogP contribution in [0.5, 0.6) is 0 Å². The van der Waals surface area contributed by atoms with Crippen molar-refractivity contribution in [1.29, 1.82) is 0 Å². The zero-order valence-corrected chi connectivity index (χ0v) is 8.42. The van der Waals surface area contributed by atoms with Gasteiger partial charge in [-0.25, -0.2) is 0 Å². The molecule has 1 aliphatic rings. The maximum absolute atomic E-state index is 10.00. The fourth-order valence-electron chi connectivity index (χ4n) is 1.94. The van der Waals surface area contributed by atoms with Crippen LogP contribution in [0.2, 0.25) is 0 Å². The summed E-state index contributed by atoms with van der Waals surface area (Å²) >= 11 is 0. The molecule has 1 saturated carbocycles. The number of rotatable bonds is 4. The van der Waals surface area contributed by atoms with Crippen molar-refractivity contribution in [3.63, 3.8) is 0 Å². The van der Waals surface area contributed by atoms with Gasteiger partial charge in [0.05, 0.1) is 0 Å². The predicted molar refractivity (Wildman–Crippen MR) is 52.1 cm³/mol. The van der Waals surface area contributed by atoms with Crippen LogP contribution in [-0.4, -0.2) is 22.2 Å². The average molecular weight is 187 g/mol. The summed E-state index contributed by atoms with van der Waals surface area (Å²) in [5.74, 6) is 0. The van der Waals surface area contributed by atoms with E-state index in [-0.39, 0.29) is 0 Å². The molecular weight excluding hydrogens is 166 g/mol. The van der Waals surface area contributed by atoms with Crippen LogP contribution in [0, 0.1) is 0 Å². The Kier molecular flexibility index (Phi) is 4.16. The molecule has 0 heterocycles. The van der Waals surface area contributed by atoms with Crippen LogP contribution in [0.4, 0.5) is 0 Å². The summed E-state index contributed by atoms with van der Waals surface area (Å²) in [5.41, 5.74) is -0.799. The highest BCUT2D eigenvalue weighted by atomic mass is 16.3. The van der Waals surface area contributed by atoms with Gasteiger partial charge in [0.15, 0.2) is 0 Å². The number of hydrogen-bond acceptors (Lipinski definition) is 3. The average Bonchev–Trinajstić information content (AvgIpc) is 2.04. The molecule has 1 aliphatic carbocycles. The minimum atomic E-state index is -0.799. The minimum absolute atomic E-state index is 0.548. The molecule has 1 rings (SSSR count). The number of aliphatic hydroxyl groups excluding tert-OH is 1. The van der Waals surface area contributed by atoms with Gasteiger partial charge in [-0.3, -0.25) is 5.32 Å². The van der Waals surface area contributed by atoms with Gasteiger partial charge in [-0.1, -0.05) is 19.8 Å². The lowest BCUT2D eigenvalue weighted by Gasteiger charge is -2.35. The number of nitrogens with one attached hydrogen (secondary N) is 1. The van der Waals surface area contributed by atoms with Gasteiger partial charge in [-0.2, -0.15) is 0 Å². The molecule has 3 N–H and O–H groups in total. The van der Waals surface area contributed by atoms with Crippen LogP contribution >= 0.6 is 0 Å². The van der Waals surface area contributed by atoms with Crippen LogP contribution in [0.15, 0.2) is 0 Å². The van der Waals surface area contributed by atoms with Crippen molar-refractivity contribution in [2.24, 2.45) is 0 Å². The van der Waals surface area contributed by atoms with Crippen molar-refractivity contribution >= 4 is 0 Å². The molecule has 0 bridgehead atoms. The first-order valence-corrected chi connectivity index (χ1v) is 5.34. The second kappa shape index (κ2) is 4.94. The Hall–Kier alpha value is -0.120. The lowest BCUT2D eigenvalue weighted by atomic mass is 9.91. The van der Waals surface area contributed by atoms with E-state index < -0.39 is 12.0 Å². The smallest absolute Gasteiger partial charge is 0.117 e. The molecule has 0 radical (unpaired) electrons. The van der Waals surface area contributed by atoms with Gasteiger partial charge in [0, 0.05) is 0 Å². The Balaban J connectivity index is 2.31. The van der Waals surface area contributed by atoms with E-state index in [0.29, 0.717) is 6.42 Å². The van der Waals surface area contributed by atoms with Gasteiger partial charge in [0.25, 0.3) is 0 Å². The van der Waals surface area contributed by atoms with E-state index in [1.54, 1.807) is 0 Å². The van der Waals surface area contributed by atoms with E-state index in [2.05, 4.69) is 5.32 Å². The van der Waals surface area contributed by atoms with Gasteiger partial charge < -0.3 is 10.2 Å². The van der Waals surface area contributed by atoms with Gasteiger partial charge in [-0.05, 0) is 32.1 Å². The third-order valence-electron chi connectivity index (χ3n) is 2.68. The molecule has 0 saturated heterocycles. The Morgan fingerprint density at radius 1 is 1.31 bits per heavy atom. The molecule has 3 heteroatoms. The summed E-state index contributed by atoms with van der Waals surface area (Å²) in [5, 5.41) is 22.4. The highest BCUT2D eigenvalue weighted by molar-refractivity contribution is 4.80. The fraction of sp³-hybridized carbons (Fsp3) is 1.00. The first kappa shape index (κ1) is 11.0. The first-order chi connectivity index (χ1) is 6.16. The highest BCUT2D eigenvalue weighted by Crippen LogP contribution is 2.26. The van der Waals surface area contributed by atoms with Crippen LogP contribution in [0.3, 0.4) is 0 Å². The third-order valence-corrected chi connectivity index (χ3v) is 2.68. The standard InChI is InChI=1S/C10H21NO2/c1-2-6-9(12)11-10(13)7-4-3-5-8-10/h9,11-13H,2-8H2,1H3. The van der Waals surface area contributed by atoms with Gasteiger partial charge >= 0.3 is 0 Å². The van der Waals surface area contributed by atoms with Crippen LogP contribution in [-0.2, 0) is 0 Å². The van der Waals surface area contributed by atoms with Crippen molar-refractivity contribution in [3.05, 3.63) is 0 Å². The molecule has 0 aliphatic heterocycles. The largest absolute Gasteiger partial charge is 0.379 e. The molecule has 1 unspecified atom stereocenters. The zero-order chi connectivity index (χ0) is 9.73. The summed E-state index contributed by atoms with van der Waals surface area (Å²) in [6, 6.07) is 0. The third kappa shape index (κ3) is 3.63. The summed E-state index contributed by atoms with van der Waals surface area (Å²) in [6.07, 6.45) is 5.96. The highest BCUT2D eigenvalue weighted by Gasteiger charge is 2.30. The van der Waals surface area contributed by atoms with Crippen molar-refractivity contribution in [1.82, 2.24) is 5.32 Å². The van der Waals surface area contributed by atoms with Crippen LogP contribution in [0.25, 0.3) is 0 Å². The summed E-state index contributed by atoms with van der Waals surface area (Å²) in [4.78, 5) is 0. The summed E-state index contributed by atoms with van der Waals surface area (Å²) in [7, 11) is 0. The van der Waals surface area contributed by atoms with Crippen molar-refractivity contribution in [2.75, 3.05) is 0 Å². The van der Waals surface area contributed by atoms with E-state index in [1.165, 1.54) is 6.42 Å². The Labute approximate surface area is 80.2 Å². The fourth-order valence-corrected chi connectivity index (χ4v) is 1.94. The molecule has 1 fully saturated rings. The van der Waals surface area contributed by atoms with Crippen LogP contribution < -0.4 is 5.32 Å². The maximum Gasteiger partial charge on any atom is 0.117 e. The lowest BCUT2D eigenvalue weighted by molar-refractivity contribution is -0.0721. The quantitative estimate of drug-likeness (QED) is 0.582. The summed E-state index contributed by atoms with van der Waals surface area (Å²) in [6.45, 7) is 2.02. The second-order valence-corrected chi connectivity index (χ2v) is 4.04. The monoisotopic (exact) mass is 187 g/mol. The van der Waals surface area contributed by atoms with E-state index in [0.717, 1.165) is 32.1 Å². The minimum Gasteiger partial charge on any atom is -0.379 e. The molecule has 0 spiro atoms. The maximum atomic E-state index is 10.00. The van der Waals surface area contributed by atoms with E-state index >= 15 is 0 Å². The number of hydrogen-bond donors (Lipinski definition) is 3. The lowest BCUT2D eigenvalue weighted by Crippen LogP contribution is -2.51. The normalized spacial score (nSPS) is 24.2. The van der Waals surface area contributed by atoms with Crippen LogP contribution in [0.1, 0.15) is 51.9 Å². The molecule has 3 nitrogen and oxygen atoms in total. The molecule has 0 aromatic heterocycles. The van der Waals surface area contributed by atoms with Crippen molar-refractivity contribution in [3.8, 4) is 0 Å².